The molecule has 21 heavy (non-hydrogen) atoms. The SMILES string of the molecule is CC(=O)OCC1=C(C)C2C3C=CC(C4C(=O)OC(=O)C34)C12. The van der Waals surface area contributed by atoms with Crippen LogP contribution in [-0.4, -0.2) is 24.5 Å². The van der Waals surface area contributed by atoms with E-state index in [1.807, 2.05) is 13.0 Å². The van der Waals surface area contributed by atoms with Crippen LogP contribution in [0, 0.1) is 35.5 Å². The van der Waals surface area contributed by atoms with E-state index >= 15 is 0 Å². The van der Waals surface area contributed by atoms with Gasteiger partial charge in [0.2, 0.25) is 0 Å². The highest BCUT2D eigenvalue weighted by atomic mass is 16.6. The molecule has 0 aromatic rings. The van der Waals surface area contributed by atoms with Crippen LogP contribution in [0.2, 0.25) is 0 Å². The molecule has 5 nitrogen and oxygen atoms in total. The Bertz CT molecular complexity index is 629. The fraction of sp³-hybridized carbons (Fsp3) is 0.562. The summed E-state index contributed by atoms with van der Waals surface area (Å²) in [7, 11) is 0. The Morgan fingerprint density at radius 1 is 1.10 bits per heavy atom. The van der Waals surface area contributed by atoms with E-state index in [9.17, 15) is 14.4 Å². The van der Waals surface area contributed by atoms with E-state index < -0.39 is 0 Å². The summed E-state index contributed by atoms with van der Waals surface area (Å²) < 4.78 is 9.99. The molecule has 1 aliphatic heterocycles. The Morgan fingerprint density at radius 2 is 1.67 bits per heavy atom. The van der Waals surface area contributed by atoms with Crippen molar-refractivity contribution < 1.29 is 23.9 Å². The molecule has 0 aromatic heterocycles. The third-order valence-corrected chi connectivity index (χ3v) is 5.57. The summed E-state index contributed by atoms with van der Waals surface area (Å²) in [5.74, 6) is -1.20. The first-order valence-electron chi connectivity index (χ1n) is 7.27. The first-order chi connectivity index (χ1) is 10.0. The monoisotopic (exact) mass is 288 g/mol. The van der Waals surface area contributed by atoms with E-state index in [1.54, 1.807) is 0 Å². The van der Waals surface area contributed by atoms with Gasteiger partial charge in [-0.15, -0.1) is 0 Å². The molecular formula is C16H16O5. The van der Waals surface area contributed by atoms with Gasteiger partial charge in [0.25, 0.3) is 0 Å². The second kappa shape index (κ2) is 4.06. The minimum absolute atomic E-state index is 0.00166. The largest absolute Gasteiger partial charge is 0.461 e. The average Bonchev–Trinajstić information content (AvgIpc) is 2.75. The quantitative estimate of drug-likeness (QED) is 0.434. The number of rotatable bonds is 2. The highest BCUT2D eigenvalue weighted by molar-refractivity contribution is 5.98. The number of hydrogen-bond donors (Lipinski definition) is 0. The highest BCUT2D eigenvalue weighted by Crippen LogP contribution is 2.63. The summed E-state index contributed by atoms with van der Waals surface area (Å²) in [6, 6.07) is 0. The Balaban J connectivity index is 1.68. The van der Waals surface area contributed by atoms with E-state index in [2.05, 4.69) is 6.08 Å². The van der Waals surface area contributed by atoms with Crippen molar-refractivity contribution in [3.63, 3.8) is 0 Å². The zero-order chi connectivity index (χ0) is 14.9. The first-order valence-corrected chi connectivity index (χ1v) is 7.27. The number of esters is 3. The van der Waals surface area contributed by atoms with E-state index in [1.165, 1.54) is 12.5 Å². The number of hydrogen-bond acceptors (Lipinski definition) is 5. The highest BCUT2D eigenvalue weighted by Gasteiger charge is 2.65. The molecule has 1 saturated heterocycles. The molecule has 1 saturated carbocycles. The van der Waals surface area contributed by atoms with Crippen LogP contribution in [0.4, 0.5) is 0 Å². The molecule has 2 fully saturated rings. The van der Waals surface area contributed by atoms with Crippen LogP contribution >= 0.6 is 0 Å². The van der Waals surface area contributed by atoms with Crippen LogP contribution in [-0.2, 0) is 23.9 Å². The zero-order valence-electron chi connectivity index (χ0n) is 11.9. The van der Waals surface area contributed by atoms with Gasteiger partial charge in [0.1, 0.15) is 6.61 Å². The van der Waals surface area contributed by atoms with Crippen LogP contribution in [0.3, 0.4) is 0 Å². The molecule has 5 aliphatic rings. The maximum absolute atomic E-state index is 12.0. The standard InChI is InChI=1S/C16H16O5/c1-6-10(5-20-7(2)17)12-9-4-3-8(11(6)12)13-14(9)16(19)21-15(13)18/h3-4,8-9,11-14H,5H2,1-2H3. The topological polar surface area (TPSA) is 69.7 Å². The second-order valence-corrected chi connectivity index (χ2v) is 6.37. The predicted octanol–water partition coefficient (Wildman–Crippen LogP) is 1.24. The molecule has 0 N–H and O–H groups in total. The number of carbonyl (C=O) groups excluding carboxylic acids is 3. The molecule has 0 spiro atoms. The first kappa shape index (κ1) is 12.8. The van der Waals surface area contributed by atoms with Crippen molar-refractivity contribution in [2.75, 3.05) is 6.61 Å². The van der Waals surface area contributed by atoms with Crippen LogP contribution in [0.15, 0.2) is 23.3 Å². The minimum atomic E-state index is -0.390. The second-order valence-electron chi connectivity index (χ2n) is 6.37. The average molecular weight is 288 g/mol. The van der Waals surface area contributed by atoms with Crippen LogP contribution in [0.5, 0.6) is 0 Å². The summed E-state index contributed by atoms with van der Waals surface area (Å²) in [6.07, 6.45) is 4.12. The number of carbonyl (C=O) groups is 3. The molecule has 6 unspecified atom stereocenters. The van der Waals surface area contributed by atoms with E-state index in [-0.39, 0.29) is 53.4 Å². The van der Waals surface area contributed by atoms with E-state index in [0.29, 0.717) is 6.61 Å². The third kappa shape index (κ3) is 1.49. The molecule has 5 heteroatoms. The molecule has 2 bridgehead atoms. The van der Waals surface area contributed by atoms with E-state index in [4.69, 9.17) is 9.47 Å². The van der Waals surface area contributed by atoms with Crippen molar-refractivity contribution >= 4 is 17.9 Å². The summed E-state index contributed by atoms with van der Waals surface area (Å²) in [5.41, 5.74) is 2.31. The zero-order valence-corrected chi connectivity index (χ0v) is 11.9. The summed E-state index contributed by atoms with van der Waals surface area (Å²) in [5, 5.41) is 0. The molecule has 1 heterocycles. The van der Waals surface area contributed by atoms with Crippen LogP contribution < -0.4 is 0 Å². The van der Waals surface area contributed by atoms with E-state index in [0.717, 1.165) is 5.57 Å². The maximum atomic E-state index is 12.0. The predicted molar refractivity (Wildman–Crippen MR) is 70.5 cm³/mol. The Labute approximate surface area is 122 Å². The van der Waals surface area contributed by atoms with Crippen molar-refractivity contribution in [3.05, 3.63) is 23.3 Å². The van der Waals surface area contributed by atoms with Crippen molar-refractivity contribution in [2.45, 2.75) is 13.8 Å². The smallest absolute Gasteiger partial charge is 0.318 e. The lowest BCUT2D eigenvalue weighted by Gasteiger charge is -2.56. The molecule has 6 atom stereocenters. The fourth-order valence-electron chi connectivity index (χ4n) is 4.76. The normalized spacial score (nSPS) is 42.4. The molecule has 0 amide bonds. The van der Waals surface area contributed by atoms with Gasteiger partial charge in [-0.25, -0.2) is 0 Å². The van der Waals surface area contributed by atoms with Gasteiger partial charge in [-0.05, 0) is 36.2 Å². The molecule has 0 radical (unpaired) electrons. The van der Waals surface area contributed by atoms with Crippen LogP contribution in [0.25, 0.3) is 0 Å². The number of cyclic esters (lactones) is 2. The summed E-state index contributed by atoms with van der Waals surface area (Å²) >= 11 is 0. The van der Waals surface area contributed by atoms with Crippen LogP contribution in [0.1, 0.15) is 13.8 Å². The van der Waals surface area contributed by atoms with Crippen molar-refractivity contribution in [1.82, 2.24) is 0 Å². The van der Waals surface area contributed by atoms with Gasteiger partial charge in [-0.2, -0.15) is 0 Å². The molecular weight excluding hydrogens is 272 g/mol. The summed E-state index contributed by atoms with van der Waals surface area (Å²) in [6.45, 7) is 3.72. The van der Waals surface area contributed by atoms with Gasteiger partial charge in [0.05, 0.1) is 11.8 Å². The molecule has 110 valence electrons. The van der Waals surface area contributed by atoms with Gasteiger partial charge in [0, 0.05) is 6.92 Å². The lowest BCUT2D eigenvalue weighted by atomic mass is 9.45. The summed E-state index contributed by atoms with van der Waals surface area (Å²) in [4.78, 5) is 34.9. The molecule has 5 rings (SSSR count). The van der Waals surface area contributed by atoms with Crippen molar-refractivity contribution in [3.8, 4) is 0 Å². The lowest BCUT2D eigenvalue weighted by molar-refractivity contribution is -0.154. The lowest BCUT2D eigenvalue weighted by Crippen LogP contribution is -2.55. The van der Waals surface area contributed by atoms with Crippen molar-refractivity contribution in [1.29, 1.82) is 0 Å². The number of allylic oxidation sites excluding steroid dienone is 3. The molecule has 0 aromatic carbocycles. The van der Waals surface area contributed by atoms with Crippen molar-refractivity contribution in [2.24, 2.45) is 35.5 Å². The minimum Gasteiger partial charge on any atom is -0.461 e. The van der Waals surface area contributed by atoms with Gasteiger partial charge in [0.15, 0.2) is 0 Å². The molecule has 4 aliphatic carbocycles. The number of ether oxygens (including phenoxy) is 2. The maximum Gasteiger partial charge on any atom is 0.318 e. The Morgan fingerprint density at radius 3 is 2.24 bits per heavy atom. The third-order valence-electron chi connectivity index (χ3n) is 5.57. The van der Waals surface area contributed by atoms with Gasteiger partial charge in [-0.1, -0.05) is 17.7 Å². The Hall–Kier alpha value is -1.91. The van der Waals surface area contributed by atoms with Gasteiger partial charge < -0.3 is 9.47 Å². The fourth-order valence-corrected chi connectivity index (χ4v) is 4.76. The van der Waals surface area contributed by atoms with Gasteiger partial charge >= 0.3 is 17.9 Å². The Kier molecular flexibility index (Phi) is 2.47. The van der Waals surface area contributed by atoms with Gasteiger partial charge in [-0.3, -0.25) is 14.4 Å².